The van der Waals surface area contributed by atoms with Gasteiger partial charge in [0.25, 0.3) is 5.78 Å². The van der Waals surface area contributed by atoms with E-state index in [0.717, 1.165) is 0 Å². The summed E-state index contributed by atoms with van der Waals surface area (Å²) in [6, 6.07) is 0. The topological polar surface area (TPSA) is 34.9 Å². The largest absolute Gasteiger partial charge is 0.455 e. The van der Waals surface area contributed by atoms with Crippen molar-refractivity contribution in [3.8, 4) is 0 Å². The highest BCUT2D eigenvalue weighted by Crippen LogP contribution is 2.25. The molecule has 0 N–H and O–H groups in total. The van der Waals surface area contributed by atoms with Crippen LogP contribution in [0.15, 0.2) is 0 Å². The quantitative estimate of drug-likeness (QED) is 0.455. The number of carbonyl (C=O) groups is 1. The Morgan fingerprint density at radius 2 is 1.84 bits per heavy atom. The standard InChI is InChI=1S/C12H16F4N2O/c1-8-10(11(19)12(14,15)16)9(2)18(17-8)7-5-3-4-6-13/h3-7H2,1-2H3. The summed E-state index contributed by atoms with van der Waals surface area (Å²) in [4.78, 5) is 11.3. The molecule has 1 rings (SSSR count). The Kier molecular flexibility index (Phi) is 5.08. The van der Waals surface area contributed by atoms with Crippen LogP contribution in [0.3, 0.4) is 0 Å². The monoisotopic (exact) mass is 280 g/mol. The van der Waals surface area contributed by atoms with Crippen molar-refractivity contribution in [3.05, 3.63) is 17.0 Å². The number of alkyl halides is 4. The second kappa shape index (κ2) is 6.16. The van der Waals surface area contributed by atoms with E-state index >= 15 is 0 Å². The molecule has 0 saturated carbocycles. The Morgan fingerprint density at radius 1 is 1.21 bits per heavy atom. The van der Waals surface area contributed by atoms with Gasteiger partial charge in [0.15, 0.2) is 0 Å². The molecule has 0 unspecified atom stereocenters. The van der Waals surface area contributed by atoms with Crippen molar-refractivity contribution in [1.29, 1.82) is 0 Å². The highest BCUT2D eigenvalue weighted by Gasteiger charge is 2.42. The van der Waals surface area contributed by atoms with Crippen molar-refractivity contribution in [2.45, 2.75) is 45.8 Å². The van der Waals surface area contributed by atoms with Crippen LogP contribution in [-0.2, 0) is 6.54 Å². The number of carbonyl (C=O) groups excluding carboxylic acids is 1. The number of hydrogen-bond donors (Lipinski definition) is 0. The first-order valence-electron chi connectivity index (χ1n) is 6.00. The molecule has 0 fully saturated rings. The van der Waals surface area contributed by atoms with Crippen molar-refractivity contribution < 1.29 is 22.4 Å². The van der Waals surface area contributed by atoms with Gasteiger partial charge in [-0.3, -0.25) is 13.9 Å². The van der Waals surface area contributed by atoms with Crippen LogP contribution < -0.4 is 0 Å². The van der Waals surface area contributed by atoms with Crippen molar-refractivity contribution in [3.63, 3.8) is 0 Å². The molecule has 0 aromatic carbocycles. The Morgan fingerprint density at radius 3 is 2.37 bits per heavy atom. The minimum Gasteiger partial charge on any atom is -0.284 e. The maximum atomic E-state index is 12.4. The van der Waals surface area contributed by atoms with E-state index in [1.165, 1.54) is 18.5 Å². The van der Waals surface area contributed by atoms with Gasteiger partial charge in [-0.1, -0.05) is 0 Å². The molecule has 1 heterocycles. The van der Waals surface area contributed by atoms with Crippen molar-refractivity contribution in [2.24, 2.45) is 0 Å². The third-order valence-electron chi connectivity index (χ3n) is 2.87. The third kappa shape index (κ3) is 3.78. The molecular weight excluding hydrogens is 264 g/mol. The van der Waals surface area contributed by atoms with Crippen LogP contribution in [0.1, 0.15) is 41.0 Å². The van der Waals surface area contributed by atoms with Crippen LogP contribution in [0.25, 0.3) is 0 Å². The van der Waals surface area contributed by atoms with Crippen LogP contribution in [-0.4, -0.2) is 28.4 Å². The lowest BCUT2D eigenvalue weighted by atomic mass is 10.1. The average molecular weight is 280 g/mol. The van der Waals surface area contributed by atoms with E-state index < -0.39 is 18.6 Å². The maximum Gasteiger partial charge on any atom is 0.455 e. The van der Waals surface area contributed by atoms with Crippen LogP contribution in [0.5, 0.6) is 0 Å². The number of aromatic nitrogens is 2. The summed E-state index contributed by atoms with van der Waals surface area (Å²) in [5, 5.41) is 3.94. The highest BCUT2D eigenvalue weighted by molar-refractivity contribution is 6.02. The molecule has 1 aromatic heterocycles. The Hall–Kier alpha value is -1.40. The van der Waals surface area contributed by atoms with E-state index in [2.05, 4.69) is 5.10 Å². The number of hydrogen-bond acceptors (Lipinski definition) is 2. The molecule has 0 aliphatic heterocycles. The van der Waals surface area contributed by atoms with Crippen LogP contribution in [0.2, 0.25) is 0 Å². The van der Waals surface area contributed by atoms with Gasteiger partial charge in [0.1, 0.15) is 0 Å². The first kappa shape index (κ1) is 15.7. The average Bonchev–Trinajstić information content (AvgIpc) is 2.58. The first-order valence-corrected chi connectivity index (χ1v) is 6.00. The lowest BCUT2D eigenvalue weighted by molar-refractivity contribution is -0.0886. The molecule has 0 atom stereocenters. The molecule has 0 saturated heterocycles. The molecule has 0 bridgehead atoms. The Bertz CT molecular complexity index is 451. The zero-order chi connectivity index (χ0) is 14.6. The van der Waals surface area contributed by atoms with Crippen molar-refractivity contribution in [1.82, 2.24) is 9.78 Å². The van der Waals surface area contributed by atoms with Gasteiger partial charge < -0.3 is 0 Å². The molecule has 0 radical (unpaired) electrons. The number of halogens is 4. The van der Waals surface area contributed by atoms with Gasteiger partial charge in [-0.2, -0.15) is 18.3 Å². The smallest absolute Gasteiger partial charge is 0.284 e. The lowest BCUT2D eigenvalue weighted by Crippen LogP contribution is -2.24. The second-order valence-electron chi connectivity index (χ2n) is 4.35. The molecular formula is C12H16F4N2O. The maximum absolute atomic E-state index is 12.4. The predicted molar refractivity (Wildman–Crippen MR) is 61.9 cm³/mol. The van der Waals surface area contributed by atoms with Gasteiger partial charge in [-0.15, -0.1) is 0 Å². The van der Waals surface area contributed by atoms with Gasteiger partial charge in [0.2, 0.25) is 0 Å². The third-order valence-corrected chi connectivity index (χ3v) is 2.87. The number of unbranched alkanes of at least 4 members (excludes halogenated alkanes) is 2. The molecule has 19 heavy (non-hydrogen) atoms. The SMILES string of the molecule is Cc1nn(CCCCCF)c(C)c1C(=O)C(F)(F)F. The molecule has 7 heteroatoms. The van der Waals surface area contributed by atoms with Crippen molar-refractivity contribution in [2.75, 3.05) is 6.67 Å². The summed E-state index contributed by atoms with van der Waals surface area (Å²) < 4.78 is 50.6. The fourth-order valence-corrected chi connectivity index (χ4v) is 1.92. The molecule has 0 spiro atoms. The zero-order valence-corrected chi connectivity index (χ0v) is 10.9. The van der Waals surface area contributed by atoms with E-state index in [1.54, 1.807) is 0 Å². The molecule has 0 amide bonds. The molecule has 108 valence electrons. The number of nitrogens with zero attached hydrogens (tertiary/aromatic N) is 2. The molecule has 0 aliphatic carbocycles. The normalized spacial score (nSPS) is 11.9. The minimum atomic E-state index is -4.89. The van der Waals surface area contributed by atoms with Crippen LogP contribution in [0, 0.1) is 13.8 Å². The molecule has 3 nitrogen and oxygen atoms in total. The molecule has 0 aliphatic rings. The van der Waals surface area contributed by atoms with Crippen molar-refractivity contribution >= 4 is 5.78 Å². The fraction of sp³-hybridized carbons (Fsp3) is 0.667. The van der Waals surface area contributed by atoms with Gasteiger partial charge in [0, 0.05) is 12.2 Å². The van der Waals surface area contributed by atoms with Gasteiger partial charge in [-0.05, 0) is 33.1 Å². The van der Waals surface area contributed by atoms with E-state index in [-0.39, 0.29) is 17.0 Å². The number of ketones is 1. The Balaban J connectivity index is 2.86. The summed E-state index contributed by atoms with van der Waals surface area (Å²) in [6.45, 7) is 2.80. The summed E-state index contributed by atoms with van der Waals surface area (Å²) in [6.07, 6.45) is -3.21. The van der Waals surface area contributed by atoms with Crippen LogP contribution in [0.4, 0.5) is 17.6 Å². The minimum absolute atomic E-state index is 0.0744. The Labute approximate surface area is 108 Å². The summed E-state index contributed by atoms with van der Waals surface area (Å²) in [7, 11) is 0. The number of Topliss-reactive ketones (excluding diaryl/α,β-unsaturated/α-hetero) is 1. The summed E-state index contributed by atoms with van der Waals surface area (Å²) in [5.41, 5.74) is -0.0941. The fourth-order valence-electron chi connectivity index (χ4n) is 1.92. The highest BCUT2D eigenvalue weighted by atomic mass is 19.4. The van der Waals surface area contributed by atoms with Crippen LogP contribution >= 0.6 is 0 Å². The zero-order valence-electron chi connectivity index (χ0n) is 10.9. The van der Waals surface area contributed by atoms with E-state index in [0.29, 0.717) is 25.8 Å². The van der Waals surface area contributed by atoms with E-state index in [9.17, 15) is 22.4 Å². The lowest BCUT2D eigenvalue weighted by Gasteiger charge is -2.06. The first-order chi connectivity index (χ1) is 8.79. The second-order valence-corrected chi connectivity index (χ2v) is 4.35. The van der Waals surface area contributed by atoms with Gasteiger partial charge >= 0.3 is 6.18 Å². The van der Waals surface area contributed by atoms with E-state index in [1.807, 2.05) is 0 Å². The summed E-state index contributed by atoms with van der Waals surface area (Å²) in [5.74, 6) is -1.86. The summed E-state index contributed by atoms with van der Waals surface area (Å²) >= 11 is 0. The molecule has 1 aromatic rings. The van der Waals surface area contributed by atoms with E-state index in [4.69, 9.17) is 0 Å². The number of aryl methyl sites for hydroxylation is 2. The number of rotatable bonds is 6. The van der Waals surface area contributed by atoms with Gasteiger partial charge in [0.05, 0.1) is 17.9 Å². The predicted octanol–water partition coefficient (Wildman–Crippen LogP) is 3.38. The van der Waals surface area contributed by atoms with Gasteiger partial charge in [-0.25, -0.2) is 0 Å².